The quantitative estimate of drug-likeness (QED) is 0.851. The summed E-state index contributed by atoms with van der Waals surface area (Å²) < 4.78 is 1.76. The van der Waals surface area contributed by atoms with Gasteiger partial charge < -0.3 is 19.7 Å². The Kier molecular flexibility index (Phi) is 6.04. The Morgan fingerprint density at radius 1 is 1.35 bits per heavy atom. The van der Waals surface area contributed by atoms with Gasteiger partial charge in [0.2, 0.25) is 5.91 Å². The third kappa shape index (κ3) is 3.74. The number of hydrogen-bond donors (Lipinski definition) is 1. The Morgan fingerprint density at radius 3 is 2.55 bits per heavy atom. The van der Waals surface area contributed by atoms with E-state index >= 15 is 0 Å². The Hall–Kier alpha value is -1.53. The number of carbonyl (C=O) groups is 2. The fraction of sp³-hybridized carbons (Fsp3) is 0.538. The number of carbonyl (C=O) groups excluding carboxylic acids is 2. The van der Waals surface area contributed by atoms with Gasteiger partial charge in [0.25, 0.3) is 5.91 Å². The van der Waals surface area contributed by atoms with Crippen LogP contribution in [-0.2, 0) is 11.8 Å². The molecule has 1 saturated heterocycles. The minimum absolute atomic E-state index is 0. The first-order valence-electron chi connectivity index (χ1n) is 6.45. The summed E-state index contributed by atoms with van der Waals surface area (Å²) in [6, 6.07) is 3.58. The number of aryl methyl sites for hydroxylation is 1. The average Bonchev–Trinajstić information content (AvgIpc) is 2.85. The van der Waals surface area contributed by atoms with E-state index in [1.807, 2.05) is 19.3 Å². The number of rotatable bonds is 3. The Labute approximate surface area is 125 Å². The van der Waals surface area contributed by atoms with E-state index in [0.717, 1.165) is 13.1 Å². The third-order valence-corrected chi connectivity index (χ3v) is 3.35. The molecule has 0 bridgehead atoms. The van der Waals surface area contributed by atoms with Crippen LogP contribution in [0.5, 0.6) is 0 Å². The Balaban J connectivity index is 0.00000200. The molecule has 0 aromatic carbocycles. The van der Waals surface area contributed by atoms with Crippen LogP contribution in [0.4, 0.5) is 0 Å². The van der Waals surface area contributed by atoms with Gasteiger partial charge in [0, 0.05) is 46.5 Å². The van der Waals surface area contributed by atoms with Gasteiger partial charge in [-0.25, -0.2) is 0 Å². The third-order valence-electron chi connectivity index (χ3n) is 3.35. The number of hydrogen-bond acceptors (Lipinski definition) is 3. The summed E-state index contributed by atoms with van der Waals surface area (Å²) in [5.41, 5.74) is 0.593. The van der Waals surface area contributed by atoms with Gasteiger partial charge in [-0.05, 0) is 12.1 Å². The van der Waals surface area contributed by atoms with E-state index in [0.29, 0.717) is 18.8 Å². The molecule has 0 saturated carbocycles. The number of amides is 2. The molecule has 7 heteroatoms. The molecule has 1 aliphatic rings. The number of nitrogens with zero attached hydrogens (tertiary/aromatic N) is 3. The van der Waals surface area contributed by atoms with Gasteiger partial charge in [0.15, 0.2) is 0 Å². The maximum Gasteiger partial charge on any atom is 0.270 e. The van der Waals surface area contributed by atoms with Crippen LogP contribution in [-0.4, -0.2) is 66.0 Å². The summed E-state index contributed by atoms with van der Waals surface area (Å²) in [6.07, 6.45) is 1.82. The highest BCUT2D eigenvalue weighted by molar-refractivity contribution is 5.95. The molecule has 6 nitrogen and oxygen atoms in total. The zero-order valence-corrected chi connectivity index (χ0v) is 12.7. The van der Waals surface area contributed by atoms with Crippen LogP contribution < -0.4 is 5.32 Å². The van der Waals surface area contributed by atoms with E-state index in [2.05, 4.69) is 5.32 Å². The number of likely N-dealkylation sites (N-methyl/N-ethyl adjacent to an activating group) is 1. The smallest absolute Gasteiger partial charge is 0.270 e. The van der Waals surface area contributed by atoms with E-state index in [1.165, 1.54) is 4.90 Å². The summed E-state index contributed by atoms with van der Waals surface area (Å²) in [4.78, 5) is 27.5. The molecule has 2 amide bonds. The van der Waals surface area contributed by atoms with Crippen molar-refractivity contribution < 1.29 is 9.59 Å². The molecular weight excluding hydrogens is 280 g/mol. The molecule has 2 rings (SSSR count). The summed E-state index contributed by atoms with van der Waals surface area (Å²) in [6.45, 7) is 3.20. The molecule has 20 heavy (non-hydrogen) atoms. The van der Waals surface area contributed by atoms with Crippen molar-refractivity contribution in [2.75, 3.05) is 39.8 Å². The van der Waals surface area contributed by atoms with Crippen LogP contribution in [0.15, 0.2) is 18.3 Å². The molecule has 1 aromatic rings. The van der Waals surface area contributed by atoms with Crippen molar-refractivity contribution in [2.24, 2.45) is 7.05 Å². The molecule has 0 spiro atoms. The molecule has 1 aliphatic heterocycles. The topological polar surface area (TPSA) is 57.6 Å². The number of piperazine rings is 1. The molecule has 1 N–H and O–H groups in total. The summed E-state index contributed by atoms with van der Waals surface area (Å²) in [5.74, 6) is -0.123. The van der Waals surface area contributed by atoms with Crippen molar-refractivity contribution in [1.82, 2.24) is 19.7 Å². The van der Waals surface area contributed by atoms with Crippen LogP contribution in [0.25, 0.3) is 0 Å². The SMILES string of the molecule is CN(CC(=O)N1CCNCC1)C(=O)c1cccn1C.Cl. The van der Waals surface area contributed by atoms with Crippen molar-refractivity contribution in [3.05, 3.63) is 24.0 Å². The normalized spacial score (nSPS) is 14.6. The van der Waals surface area contributed by atoms with Gasteiger partial charge in [-0.1, -0.05) is 0 Å². The van der Waals surface area contributed by atoms with E-state index in [9.17, 15) is 9.59 Å². The molecular formula is C13H21ClN4O2. The minimum Gasteiger partial charge on any atom is -0.347 e. The van der Waals surface area contributed by atoms with Crippen molar-refractivity contribution in [2.45, 2.75) is 0 Å². The predicted molar refractivity (Wildman–Crippen MR) is 79.1 cm³/mol. The highest BCUT2D eigenvalue weighted by atomic mass is 35.5. The van der Waals surface area contributed by atoms with Crippen LogP contribution in [0.2, 0.25) is 0 Å². The summed E-state index contributed by atoms with van der Waals surface area (Å²) in [5, 5.41) is 3.20. The molecule has 1 fully saturated rings. The largest absolute Gasteiger partial charge is 0.347 e. The predicted octanol–water partition coefficient (Wildman–Crippen LogP) is -0.0493. The van der Waals surface area contributed by atoms with E-state index in [-0.39, 0.29) is 30.8 Å². The number of halogens is 1. The van der Waals surface area contributed by atoms with Gasteiger partial charge in [-0.15, -0.1) is 12.4 Å². The molecule has 0 aliphatic carbocycles. The lowest BCUT2D eigenvalue weighted by molar-refractivity contribution is -0.132. The lowest BCUT2D eigenvalue weighted by atomic mass is 10.3. The molecule has 0 unspecified atom stereocenters. The van der Waals surface area contributed by atoms with Crippen molar-refractivity contribution in [3.8, 4) is 0 Å². The van der Waals surface area contributed by atoms with Crippen LogP contribution in [0.1, 0.15) is 10.5 Å². The zero-order chi connectivity index (χ0) is 13.8. The second-order valence-electron chi connectivity index (χ2n) is 4.80. The monoisotopic (exact) mass is 300 g/mol. The standard InChI is InChI=1S/C13H20N4O2.ClH/c1-15-7-3-4-11(15)13(19)16(2)10-12(18)17-8-5-14-6-9-17;/h3-4,7,14H,5-6,8-10H2,1-2H3;1H. The highest BCUT2D eigenvalue weighted by Gasteiger charge is 2.21. The first kappa shape index (κ1) is 16.5. The fourth-order valence-corrected chi connectivity index (χ4v) is 2.17. The molecule has 0 radical (unpaired) electrons. The molecule has 2 heterocycles. The van der Waals surface area contributed by atoms with Gasteiger partial charge >= 0.3 is 0 Å². The molecule has 112 valence electrons. The van der Waals surface area contributed by atoms with Gasteiger partial charge in [-0.2, -0.15) is 0 Å². The first-order valence-corrected chi connectivity index (χ1v) is 6.45. The minimum atomic E-state index is -0.129. The second kappa shape index (κ2) is 7.31. The second-order valence-corrected chi connectivity index (χ2v) is 4.80. The zero-order valence-electron chi connectivity index (χ0n) is 11.8. The number of nitrogens with one attached hydrogen (secondary N) is 1. The maximum absolute atomic E-state index is 12.2. The summed E-state index contributed by atoms with van der Waals surface area (Å²) >= 11 is 0. The van der Waals surface area contributed by atoms with E-state index < -0.39 is 0 Å². The average molecular weight is 301 g/mol. The highest BCUT2D eigenvalue weighted by Crippen LogP contribution is 2.04. The van der Waals surface area contributed by atoms with Crippen LogP contribution >= 0.6 is 12.4 Å². The number of aromatic nitrogens is 1. The van der Waals surface area contributed by atoms with Crippen molar-refractivity contribution in [3.63, 3.8) is 0 Å². The summed E-state index contributed by atoms with van der Waals surface area (Å²) in [7, 11) is 3.48. The van der Waals surface area contributed by atoms with Crippen molar-refractivity contribution in [1.29, 1.82) is 0 Å². The van der Waals surface area contributed by atoms with E-state index in [1.54, 1.807) is 22.6 Å². The van der Waals surface area contributed by atoms with Gasteiger partial charge in [-0.3, -0.25) is 9.59 Å². The Bertz CT molecular complexity index is 469. The van der Waals surface area contributed by atoms with Gasteiger partial charge in [0.1, 0.15) is 5.69 Å². The molecule has 1 aromatic heterocycles. The molecule has 0 atom stereocenters. The lowest BCUT2D eigenvalue weighted by Gasteiger charge is -2.29. The van der Waals surface area contributed by atoms with Crippen molar-refractivity contribution >= 4 is 24.2 Å². The van der Waals surface area contributed by atoms with Crippen LogP contribution in [0.3, 0.4) is 0 Å². The van der Waals surface area contributed by atoms with Gasteiger partial charge in [0.05, 0.1) is 6.54 Å². The van der Waals surface area contributed by atoms with Crippen LogP contribution in [0, 0.1) is 0 Å². The first-order chi connectivity index (χ1) is 9.09. The fourth-order valence-electron chi connectivity index (χ4n) is 2.17. The lowest BCUT2D eigenvalue weighted by Crippen LogP contribution is -2.49. The maximum atomic E-state index is 12.2. The van der Waals surface area contributed by atoms with E-state index in [4.69, 9.17) is 0 Å². The Morgan fingerprint density at radius 2 is 2.00 bits per heavy atom.